The van der Waals surface area contributed by atoms with Crippen LogP contribution in [0.5, 0.6) is 5.75 Å². The van der Waals surface area contributed by atoms with Gasteiger partial charge in [0.2, 0.25) is 5.89 Å². The number of aliphatic carboxylic acids is 1. The summed E-state index contributed by atoms with van der Waals surface area (Å²) >= 11 is 0. The van der Waals surface area contributed by atoms with Crippen LogP contribution in [0.1, 0.15) is 35.9 Å². The van der Waals surface area contributed by atoms with Gasteiger partial charge in [0.1, 0.15) is 18.1 Å². The lowest BCUT2D eigenvalue weighted by Crippen LogP contribution is -2.32. The third kappa shape index (κ3) is 5.22. The van der Waals surface area contributed by atoms with Crippen molar-refractivity contribution in [2.75, 3.05) is 13.1 Å². The van der Waals surface area contributed by atoms with Gasteiger partial charge in [-0.15, -0.1) is 0 Å². The Bertz CT molecular complexity index is 1160. The molecule has 0 saturated carbocycles. The van der Waals surface area contributed by atoms with Gasteiger partial charge in [-0.2, -0.15) is 0 Å². The molecule has 0 radical (unpaired) electrons. The maximum Gasteiger partial charge on any atom is 0.306 e. The molecule has 1 N–H and O–H groups in total. The summed E-state index contributed by atoms with van der Waals surface area (Å²) in [5, 5.41) is 9.07. The number of aromatic nitrogens is 1. The second-order valence-corrected chi connectivity index (χ2v) is 8.42. The second-order valence-electron chi connectivity index (χ2n) is 8.42. The molecular weight excluding hydrogens is 430 g/mol. The molecule has 2 aromatic carbocycles. The van der Waals surface area contributed by atoms with Crippen LogP contribution in [0.2, 0.25) is 0 Å². The number of hydrogen-bond donors (Lipinski definition) is 1. The van der Waals surface area contributed by atoms with Gasteiger partial charge in [0, 0.05) is 30.6 Å². The van der Waals surface area contributed by atoms with Crippen LogP contribution in [-0.4, -0.2) is 34.0 Å². The van der Waals surface area contributed by atoms with Crippen molar-refractivity contribution in [1.29, 1.82) is 0 Å². The molecule has 4 rings (SSSR count). The van der Waals surface area contributed by atoms with Gasteiger partial charge in [-0.05, 0) is 49.7 Å². The number of hydrogen-bond acceptors (Lipinski definition) is 5. The van der Waals surface area contributed by atoms with Crippen LogP contribution in [-0.2, 0) is 24.4 Å². The van der Waals surface area contributed by atoms with Crippen LogP contribution in [0.15, 0.2) is 40.8 Å². The van der Waals surface area contributed by atoms with Crippen molar-refractivity contribution < 1.29 is 27.8 Å². The van der Waals surface area contributed by atoms with Crippen LogP contribution in [0, 0.1) is 24.5 Å². The summed E-state index contributed by atoms with van der Waals surface area (Å²) in [4.78, 5) is 17.9. The Labute approximate surface area is 190 Å². The first-order chi connectivity index (χ1) is 15.8. The number of fused-ring (bicyclic) bond motifs is 1. The zero-order chi connectivity index (χ0) is 23.5. The quantitative estimate of drug-likeness (QED) is 0.516. The number of benzene rings is 2. The molecule has 1 aliphatic heterocycles. The number of nitrogens with zero attached hydrogens (tertiary/aromatic N) is 2. The monoisotopic (exact) mass is 456 g/mol. The maximum atomic E-state index is 13.8. The Morgan fingerprint density at radius 3 is 2.88 bits per heavy atom. The molecule has 1 unspecified atom stereocenters. The van der Waals surface area contributed by atoms with E-state index in [2.05, 4.69) is 9.88 Å². The van der Waals surface area contributed by atoms with Crippen molar-refractivity contribution in [3.63, 3.8) is 0 Å². The summed E-state index contributed by atoms with van der Waals surface area (Å²) in [5.74, 6) is -1.03. The number of carboxylic acids is 1. The fourth-order valence-corrected chi connectivity index (χ4v) is 3.85. The lowest BCUT2D eigenvalue weighted by Gasteiger charge is -2.25. The molecule has 1 aliphatic rings. The van der Waals surface area contributed by atoms with E-state index < -0.39 is 17.6 Å². The van der Waals surface area contributed by atoms with E-state index in [4.69, 9.17) is 14.3 Å². The van der Waals surface area contributed by atoms with Crippen LogP contribution in [0.4, 0.5) is 8.78 Å². The van der Waals surface area contributed by atoms with Crippen molar-refractivity contribution >= 4 is 5.97 Å². The van der Waals surface area contributed by atoms with E-state index in [1.54, 1.807) is 13.0 Å². The zero-order valence-electron chi connectivity index (χ0n) is 18.6. The molecule has 6 nitrogen and oxygen atoms in total. The lowest BCUT2D eigenvalue weighted by atomic mass is 10.1. The lowest BCUT2D eigenvalue weighted by molar-refractivity contribution is -0.141. The molecule has 0 spiro atoms. The van der Waals surface area contributed by atoms with Gasteiger partial charge >= 0.3 is 5.97 Å². The molecule has 8 heteroatoms. The normalized spacial score (nSPS) is 14.7. The standard InChI is InChI=1S/C25H26F2N2O4/c1-15(25(30)31)8-10-29-11-9-22-21(13-29)28-24(33-22)19-7-6-18(12-16(19)2)32-14-17-4-3-5-20(26)23(17)27/h3-7,12,15H,8-11,13-14H2,1-2H3,(H,30,31). The first-order valence-corrected chi connectivity index (χ1v) is 10.9. The van der Waals surface area contributed by atoms with E-state index in [1.807, 2.05) is 19.1 Å². The van der Waals surface area contributed by atoms with Crippen molar-refractivity contribution in [2.24, 2.45) is 5.92 Å². The average molecular weight is 456 g/mol. The fourth-order valence-electron chi connectivity index (χ4n) is 3.85. The van der Waals surface area contributed by atoms with Gasteiger partial charge in [0.25, 0.3) is 0 Å². The fraction of sp³-hybridized carbons (Fsp3) is 0.360. The molecule has 1 atom stereocenters. The van der Waals surface area contributed by atoms with E-state index >= 15 is 0 Å². The van der Waals surface area contributed by atoms with Crippen LogP contribution >= 0.6 is 0 Å². The van der Waals surface area contributed by atoms with Crippen molar-refractivity contribution in [3.05, 3.63) is 70.6 Å². The van der Waals surface area contributed by atoms with Crippen molar-refractivity contribution in [3.8, 4) is 17.2 Å². The highest BCUT2D eigenvalue weighted by Gasteiger charge is 2.24. The third-order valence-corrected chi connectivity index (χ3v) is 5.96. The number of rotatable bonds is 8. The number of oxazole rings is 1. The Balaban J connectivity index is 1.42. The summed E-state index contributed by atoms with van der Waals surface area (Å²) in [6.45, 7) is 5.68. The molecule has 0 amide bonds. The molecule has 3 aromatic rings. The Morgan fingerprint density at radius 1 is 1.30 bits per heavy atom. The van der Waals surface area contributed by atoms with E-state index in [0.29, 0.717) is 31.2 Å². The predicted octanol–water partition coefficient (Wildman–Crippen LogP) is 4.98. The third-order valence-electron chi connectivity index (χ3n) is 5.96. The van der Waals surface area contributed by atoms with Gasteiger partial charge in [-0.25, -0.2) is 13.8 Å². The van der Waals surface area contributed by atoms with Gasteiger partial charge in [0.05, 0.1) is 11.6 Å². The highest BCUT2D eigenvalue weighted by Crippen LogP contribution is 2.30. The zero-order valence-corrected chi connectivity index (χ0v) is 18.6. The van der Waals surface area contributed by atoms with Crippen LogP contribution < -0.4 is 4.74 Å². The van der Waals surface area contributed by atoms with Gasteiger partial charge < -0.3 is 14.3 Å². The minimum atomic E-state index is -0.900. The van der Waals surface area contributed by atoms with Crippen molar-refractivity contribution in [2.45, 2.75) is 39.8 Å². The summed E-state index contributed by atoms with van der Waals surface area (Å²) < 4.78 is 38.9. The molecule has 1 aromatic heterocycles. The molecule has 0 aliphatic carbocycles. The number of aryl methyl sites for hydroxylation is 1. The number of carboxylic acid groups (broad SMARTS) is 1. The largest absolute Gasteiger partial charge is 0.489 e. The SMILES string of the molecule is Cc1cc(OCc2cccc(F)c2F)ccc1-c1nc2c(o1)CCN(CCC(C)C(=O)O)C2. The summed E-state index contributed by atoms with van der Waals surface area (Å²) in [6, 6.07) is 9.42. The molecule has 33 heavy (non-hydrogen) atoms. The number of carbonyl (C=O) groups is 1. The first-order valence-electron chi connectivity index (χ1n) is 10.9. The summed E-state index contributed by atoms with van der Waals surface area (Å²) in [6.07, 6.45) is 1.32. The van der Waals surface area contributed by atoms with Gasteiger partial charge in [0.15, 0.2) is 11.6 Å². The first kappa shape index (κ1) is 22.9. The van der Waals surface area contributed by atoms with E-state index in [9.17, 15) is 13.6 Å². The minimum absolute atomic E-state index is 0.0774. The summed E-state index contributed by atoms with van der Waals surface area (Å²) in [7, 11) is 0. The second kappa shape index (κ2) is 9.70. The maximum absolute atomic E-state index is 13.8. The van der Waals surface area contributed by atoms with Gasteiger partial charge in [-0.3, -0.25) is 9.69 Å². The molecular formula is C25H26F2N2O4. The van der Waals surface area contributed by atoms with E-state index in [-0.39, 0.29) is 18.1 Å². The predicted molar refractivity (Wildman–Crippen MR) is 118 cm³/mol. The van der Waals surface area contributed by atoms with Crippen LogP contribution in [0.25, 0.3) is 11.5 Å². The highest BCUT2D eigenvalue weighted by atomic mass is 19.2. The van der Waals surface area contributed by atoms with E-state index in [1.165, 1.54) is 12.1 Å². The smallest absolute Gasteiger partial charge is 0.306 e. The Kier molecular flexibility index (Phi) is 6.74. The topological polar surface area (TPSA) is 75.8 Å². The molecule has 2 heterocycles. The minimum Gasteiger partial charge on any atom is -0.489 e. The Hall–Kier alpha value is -3.26. The van der Waals surface area contributed by atoms with E-state index in [0.717, 1.165) is 41.6 Å². The van der Waals surface area contributed by atoms with Crippen molar-refractivity contribution in [1.82, 2.24) is 9.88 Å². The Morgan fingerprint density at radius 2 is 2.12 bits per heavy atom. The summed E-state index contributed by atoms with van der Waals surface area (Å²) in [5.41, 5.74) is 2.75. The van der Waals surface area contributed by atoms with Gasteiger partial charge in [-0.1, -0.05) is 19.1 Å². The molecule has 174 valence electrons. The number of halogens is 2. The molecule has 0 saturated heterocycles. The molecule has 0 bridgehead atoms. The molecule has 0 fully saturated rings. The number of ether oxygens (including phenoxy) is 1. The highest BCUT2D eigenvalue weighted by molar-refractivity contribution is 5.69. The van der Waals surface area contributed by atoms with Crippen LogP contribution in [0.3, 0.4) is 0 Å². The average Bonchev–Trinajstić information content (AvgIpc) is 3.21.